The normalized spacial score (nSPS) is 21.4. The summed E-state index contributed by atoms with van der Waals surface area (Å²) in [6.07, 6.45) is 7.06. The Bertz CT molecular complexity index is 936. The second kappa shape index (κ2) is 7.57. The molecule has 3 aromatic rings. The van der Waals surface area contributed by atoms with Gasteiger partial charge < -0.3 is 9.47 Å². The van der Waals surface area contributed by atoms with Crippen molar-refractivity contribution in [1.82, 2.24) is 14.7 Å². The highest BCUT2D eigenvalue weighted by Crippen LogP contribution is 2.28. The Kier molecular flexibility index (Phi) is 4.79. The molecule has 0 saturated carbocycles. The van der Waals surface area contributed by atoms with Crippen LogP contribution in [0.1, 0.15) is 25.7 Å². The molecule has 1 atom stereocenters. The number of hydrogen-bond donors (Lipinski definition) is 0. The van der Waals surface area contributed by atoms with Gasteiger partial charge in [-0.05, 0) is 55.0 Å². The lowest BCUT2D eigenvalue weighted by Gasteiger charge is -2.35. The number of hydrogen-bond acceptors (Lipinski definition) is 4. The van der Waals surface area contributed by atoms with Crippen molar-refractivity contribution in [1.29, 1.82) is 0 Å². The molecular formula is C23H27N3O2. The number of aryl methyl sites for hydroxylation is 1. The van der Waals surface area contributed by atoms with Crippen LogP contribution in [0.25, 0.3) is 22.0 Å². The molecule has 0 radical (unpaired) electrons. The smallest absolute Gasteiger partial charge is 0.119 e. The Labute approximate surface area is 165 Å². The van der Waals surface area contributed by atoms with Crippen LogP contribution < -0.4 is 4.74 Å². The van der Waals surface area contributed by atoms with Gasteiger partial charge in [-0.1, -0.05) is 24.3 Å². The second-order valence-electron chi connectivity index (χ2n) is 7.89. The fourth-order valence-corrected chi connectivity index (χ4v) is 4.37. The summed E-state index contributed by atoms with van der Waals surface area (Å²) in [5.74, 6) is 0.959. The molecule has 5 rings (SSSR count). The zero-order chi connectivity index (χ0) is 18.9. The molecule has 2 aromatic carbocycles. The largest absolute Gasteiger partial charge is 0.490 e. The Morgan fingerprint density at radius 3 is 2.54 bits per heavy atom. The van der Waals surface area contributed by atoms with Crippen molar-refractivity contribution in [2.24, 2.45) is 7.05 Å². The number of piperidine rings is 1. The summed E-state index contributed by atoms with van der Waals surface area (Å²) < 4.78 is 14.0. The van der Waals surface area contributed by atoms with E-state index in [0.29, 0.717) is 12.3 Å². The third kappa shape index (κ3) is 3.52. The Balaban J connectivity index is 1.22. The topological polar surface area (TPSA) is 39.5 Å². The fraction of sp³-hybridized carbons (Fsp3) is 0.435. The van der Waals surface area contributed by atoms with E-state index in [0.717, 1.165) is 43.8 Å². The van der Waals surface area contributed by atoms with E-state index in [1.807, 2.05) is 17.9 Å². The first-order valence-electron chi connectivity index (χ1n) is 10.3. The molecule has 0 N–H and O–H groups in total. The monoisotopic (exact) mass is 377 g/mol. The van der Waals surface area contributed by atoms with E-state index in [1.165, 1.54) is 29.4 Å². The first-order valence-corrected chi connectivity index (χ1v) is 10.3. The number of aromatic nitrogens is 2. The zero-order valence-electron chi connectivity index (χ0n) is 16.4. The van der Waals surface area contributed by atoms with Gasteiger partial charge in [0.15, 0.2) is 0 Å². The van der Waals surface area contributed by atoms with Crippen molar-refractivity contribution in [3.05, 3.63) is 48.7 Å². The van der Waals surface area contributed by atoms with Crippen molar-refractivity contribution in [3.63, 3.8) is 0 Å². The highest BCUT2D eigenvalue weighted by atomic mass is 16.5. The summed E-state index contributed by atoms with van der Waals surface area (Å²) in [5.41, 5.74) is 3.55. The summed E-state index contributed by atoms with van der Waals surface area (Å²) in [5, 5.41) is 5.49. The minimum Gasteiger partial charge on any atom is -0.490 e. The molecule has 2 saturated heterocycles. The van der Waals surface area contributed by atoms with E-state index in [2.05, 4.69) is 52.5 Å². The van der Waals surface area contributed by atoms with Crippen LogP contribution in [-0.2, 0) is 11.8 Å². The molecule has 0 aliphatic carbocycles. The van der Waals surface area contributed by atoms with Crippen molar-refractivity contribution >= 4 is 10.9 Å². The van der Waals surface area contributed by atoms with Crippen LogP contribution >= 0.6 is 0 Å². The van der Waals surface area contributed by atoms with Crippen LogP contribution in [0.15, 0.2) is 48.7 Å². The predicted molar refractivity (Wildman–Crippen MR) is 110 cm³/mol. The van der Waals surface area contributed by atoms with E-state index in [9.17, 15) is 0 Å². The van der Waals surface area contributed by atoms with Gasteiger partial charge in [0.25, 0.3) is 0 Å². The number of ether oxygens (including phenoxy) is 2. The minimum atomic E-state index is 0.300. The van der Waals surface area contributed by atoms with Gasteiger partial charge in [0.2, 0.25) is 0 Å². The Hall–Kier alpha value is -2.37. The van der Waals surface area contributed by atoms with Crippen molar-refractivity contribution in [2.45, 2.75) is 38.0 Å². The maximum Gasteiger partial charge on any atom is 0.119 e. The lowest BCUT2D eigenvalue weighted by Crippen LogP contribution is -2.43. The standard InChI is InChI=1S/C23H27N3O2/c1-25-22-15-18(4-5-19(22)16-24-25)17-6-8-20(9-7-17)28-21-10-12-26(13-11-21)23-3-2-14-27-23/h4-9,15-16,21,23H,2-3,10-14H2,1H3/t23-/m1/s1. The number of rotatable bonds is 4. The van der Waals surface area contributed by atoms with Gasteiger partial charge in [-0.15, -0.1) is 0 Å². The van der Waals surface area contributed by atoms with Gasteiger partial charge in [-0.25, -0.2) is 0 Å². The van der Waals surface area contributed by atoms with Gasteiger partial charge in [-0.2, -0.15) is 5.10 Å². The molecule has 2 fully saturated rings. The van der Waals surface area contributed by atoms with Crippen LogP contribution in [0.4, 0.5) is 0 Å². The molecule has 0 unspecified atom stereocenters. The van der Waals surface area contributed by atoms with Gasteiger partial charge >= 0.3 is 0 Å². The molecular weight excluding hydrogens is 350 g/mol. The van der Waals surface area contributed by atoms with Crippen LogP contribution in [0.5, 0.6) is 5.75 Å². The predicted octanol–water partition coefficient (Wildman–Crippen LogP) is 4.22. The summed E-state index contributed by atoms with van der Waals surface area (Å²) in [4.78, 5) is 2.48. The lowest BCUT2D eigenvalue weighted by molar-refractivity contribution is -0.0441. The number of nitrogens with zero attached hydrogens (tertiary/aromatic N) is 3. The average Bonchev–Trinajstić information content (AvgIpc) is 3.40. The van der Waals surface area contributed by atoms with Crippen molar-refractivity contribution < 1.29 is 9.47 Å². The molecule has 28 heavy (non-hydrogen) atoms. The van der Waals surface area contributed by atoms with E-state index in [-0.39, 0.29) is 0 Å². The maximum atomic E-state index is 6.25. The molecule has 0 amide bonds. The fourth-order valence-electron chi connectivity index (χ4n) is 4.37. The van der Waals surface area contributed by atoms with E-state index >= 15 is 0 Å². The first kappa shape index (κ1) is 17.7. The quantitative estimate of drug-likeness (QED) is 0.682. The summed E-state index contributed by atoms with van der Waals surface area (Å²) in [6.45, 7) is 3.05. The zero-order valence-corrected chi connectivity index (χ0v) is 16.4. The van der Waals surface area contributed by atoms with Crippen molar-refractivity contribution in [3.8, 4) is 16.9 Å². The van der Waals surface area contributed by atoms with Gasteiger partial charge in [0.1, 0.15) is 18.1 Å². The third-order valence-electron chi connectivity index (χ3n) is 6.03. The molecule has 1 aromatic heterocycles. The summed E-state index contributed by atoms with van der Waals surface area (Å²) in [6, 6.07) is 15.0. The SMILES string of the molecule is Cn1ncc2ccc(-c3ccc(OC4CCN([C@H]5CCCO5)CC4)cc3)cc21. The van der Waals surface area contributed by atoms with Crippen LogP contribution in [0, 0.1) is 0 Å². The van der Waals surface area contributed by atoms with Gasteiger partial charge in [0, 0.05) is 32.1 Å². The van der Waals surface area contributed by atoms with E-state index < -0.39 is 0 Å². The highest BCUT2D eigenvalue weighted by molar-refractivity contribution is 5.84. The molecule has 2 aliphatic heterocycles. The average molecular weight is 377 g/mol. The lowest BCUT2D eigenvalue weighted by atomic mass is 10.0. The molecule has 0 bridgehead atoms. The van der Waals surface area contributed by atoms with Crippen LogP contribution in [0.3, 0.4) is 0 Å². The second-order valence-corrected chi connectivity index (χ2v) is 7.89. The molecule has 2 aliphatic rings. The number of fused-ring (bicyclic) bond motifs is 1. The molecule has 5 heteroatoms. The maximum absolute atomic E-state index is 6.25. The Morgan fingerprint density at radius 1 is 1.00 bits per heavy atom. The molecule has 146 valence electrons. The van der Waals surface area contributed by atoms with Gasteiger partial charge in [-0.3, -0.25) is 9.58 Å². The molecule has 0 spiro atoms. The summed E-state index contributed by atoms with van der Waals surface area (Å²) in [7, 11) is 1.98. The van der Waals surface area contributed by atoms with E-state index in [4.69, 9.17) is 9.47 Å². The Morgan fingerprint density at radius 2 is 1.79 bits per heavy atom. The van der Waals surface area contributed by atoms with Crippen molar-refractivity contribution in [2.75, 3.05) is 19.7 Å². The van der Waals surface area contributed by atoms with Crippen LogP contribution in [-0.4, -0.2) is 46.7 Å². The number of likely N-dealkylation sites (tertiary alicyclic amines) is 1. The molecule has 5 nitrogen and oxygen atoms in total. The number of benzene rings is 2. The van der Waals surface area contributed by atoms with E-state index in [1.54, 1.807) is 0 Å². The van der Waals surface area contributed by atoms with Crippen LogP contribution in [0.2, 0.25) is 0 Å². The summed E-state index contributed by atoms with van der Waals surface area (Å²) >= 11 is 0. The highest BCUT2D eigenvalue weighted by Gasteiger charge is 2.28. The third-order valence-corrected chi connectivity index (χ3v) is 6.03. The first-order chi connectivity index (χ1) is 13.8. The van der Waals surface area contributed by atoms with Gasteiger partial charge in [0.05, 0.1) is 11.7 Å². The minimum absolute atomic E-state index is 0.300. The molecule has 3 heterocycles.